The molecule has 1 aliphatic carbocycles. The van der Waals surface area contributed by atoms with E-state index in [0.29, 0.717) is 17.0 Å². The molecular formula is C15H20Cl2O. The van der Waals surface area contributed by atoms with Crippen LogP contribution < -0.4 is 4.74 Å². The first-order valence-electron chi connectivity index (χ1n) is 6.74. The number of hydrogen-bond acceptors (Lipinski definition) is 1. The van der Waals surface area contributed by atoms with Crippen LogP contribution in [0.1, 0.15) is 44.6 Å². The van der Waals surface area contributed by atoms with E-state index >= 15 is 0 Å². The van der Waals surface area contributed by atoms with E-state index in [2.05, 4.69) is 6.92 Å². The predicted molar refractivity (Wildman–Crippen MR) is 77.7 cm³/mol. The minimum Gasteiger partial charge on any atom is -0.490 e. The number of hydrogen-bond donors (Lipinski definition) is 0. The van der Waals surface area contributed by atoms with Gasteiger partial charge in [0.2, 0.25) is 0 Å². The second kappa shape index (κ2) is 6.68. The molecule has 0 aromatic heterocycles. The van der Waals surface area contributed by atoms with E-state index in [4.69, 9.17) is 27.9 Å². The Kier molecular flexibility index (Phi) is 5.20. The zero-order chi connectivity index (χ0) is 13.0. The Morgan fingerprint density at radius 3 is 2.89 bits per heavy atom. The van der Waals surface area contributed by atoms with Crippen LogP contribution in [0.25, 0.3) is 0 Å². The lowest BCUT2D eigenvalue weighted by Crippen LogP contribution is -2.25. The number of ether oxygens (including phenoxy) is 1. The number of alkyl halides is 1. The predicted octanol–water partition coefficient (Wildman–Crippen LogP) is 5.43. The maximum Gasteiger partial charge on any atom is 0.124 e. The summed E-state index contributed by atoms with van der Waals surface area (Å²) in [5.74, 6) is 2.16. The molecule has 0 amide bonds. The molecular weight excluding hydrogens is 267 g/mol. The standard InChI is InChI=1S/C15H20Cl2O/c1-2-11-4-3-5-14(8-11)18-15-7-6-13(17)9-12(15)10-16/h6-7,9,11,14H,2-5,8,10H2,1H3. The van der Waals surface area contributed by atoms with Crippen molar-refractivity contribution in [1.29, 1.82) is 0 Å². The Labute approximate surface area is 119 Å². The topological polar surface area (TPSA) is 9.23 Å². The van der Waals surface area contributed by atoms with Gasteiger partial charge in [0, 0.05) is 10.6 Å². The smallest absolute Gasteiger partial charge is 0.124 e. The van der Waals surface area contributed by atoms with Crippen molar-refractivity contribution < 1.29 is 4.74 Å². The van der Waals surface area contributed by atoms with E-state index in [-0.39, 0.29) is 0 Å². The number of benzene rings is 1. The van der Waals surface area contributed by atoms with Crippen LogP contribution in [0.3, 0.4) is 0 Å². The lowest BCUT2D eigenvalue weighted by Gasteiger charge is -2.29. The fourth-order valence-electron chi connectivity index (χ4n) is 2.67. The maximum atomic E-state index is 6.12. The minimum atomic E-state index is 0.340. The molecule has 2 rings (SSSR count). The second-order valence-electron chi connectivity index (χ2n) is 5.07. The molecule has 1 saturated carbocycles. The zero-order valence-electron chi connectivity index (χ0n) is 10.8. The summed E-state index contributed by atoms with van der Waals surface area (Å²) < 4.78 is 6.12. The Hall–Kier alpha value is -0.400. The van der Waals surface area contributed by atoms with Crippen LogP contribution in [0.15, 0.2) is 18.2 Å². The van der Waals surface area contributed by atoms with Crippen molar-refractivity contribution in [2.24, 2.45) is 5.92 Å². The van der Waals surface area contributed by atoms with Crippen molar-refractivity contribution in [3.63, 3.8) is 0 Å². The quantitative estimate of drug-likeness (QED) is 0.671. The average Bonchev–Trinajstić information content (AvgIpc) is 2.41. The van der Waals surface area contributed by atoms with Gasteiger partial charge < -0.3 is 4.74 Å². The van der Waals surface area contributed by atoms with E-state index in [0.717, 1.165) is 23.7 Å². The van der Waals surface area contributed by atoms with Crippen molar-refractivity contribution in [2.75, 3.05) is 0 Å². The van der Waals surface area contributed by atoms with Gasteiger partial charge >= 0.3 is 0 Å². The highest BCUT2D eigenvalue weighted by Crippen LogP contribution is 2.32. The Morgan fingerprint density at radius 2 is 2.17 bits per heavy atom. The van der Waals surface area contributed by atoms with Crippen LogP contribution in [-0.4, -0.2) is 6.10 Å². The third-order valence-electron chi connectivity index (χ3n) is 3.77. The third kappa shape index (κ3) is 3.55. The van der Waals surface area contributed by atoms with Gasteiger partial charge in [-0.15, -0.1) is 11.6 Å². The van der Waals surface area contributed by atoms with Gasteiger partial charge in [-0.05, 0) is 43.4 Å². The molecule has 1 nitrogen and oxygen atoms in total. The van der Waals surface area contributed by atoms with Gasteiger partial charge in [-0.2, -0.15) is 0 Å². The molecule has 0 heterocycles. The molecule has 2 unspecified atom stereocenters. The number of rotatable bonds is 4. The van der Waals surface area contributed by atoms with Gasteiger partial charge in [0.1, 0.15) is 5.75 Å². The molecule has 0 N–H and O–H groups in total. The largest absolute Gasteiger partial charge is 0.490 e. The lowest BCUT2D eigenvalue weighted by atomic mass is 9.85. The van der Waals surface area contributed by atoms with Gasteiger partial charge in [-0.25, -0.2) is 0 Å². The molecule has 0 bridgehead atoms. The summed E-state index contributed by atoms with van der Waals surface area (Å²) in [5, 5.41) is 0.716. The SMILES string of the molecule is CCC1CCCC(Oc2ccc(Cl)cc2CCl)C1. The van der Waals surface area contributed by atoms with Crippen LogP contribution in [0.2, 0.25) is 5.02 Å². The molecule has 100 valence electrons. The summed E-state index contributed by atoms with van der Waals surface area (Å²) in [5.41, 5.74) is 0.989. The van der Waals surface area contributed by atoms with Gasteiger partial charge in [-0.3, -0.25) is 0 Å². The van der Waals surface area contributed by atoms with E-state index in [9.17, 15) is 0 Å². The lowest BCUT2D eigenvalue weighted by molar-refractivity contribution is 0.121. The summed E-state index contributed by atoms with van der Waals surface area (Å²) in [6, 6.07) is 5.70. The molecule has 2 atom stereocenters. The van der Waals surface area contributed by atoms with E-state index in [1.54, 1.807) is 0 Å². The Bertz CT molecular complexity index is 392. The first-order chi connectivity index (χ1) is 8.72. The van der Waals surface area contributed by atoms with E-state index in [1.807, 2.05) is 18.2 Å². The first-order valence-corrected chi connectivity index (χ1v) is 7.65. The highest BCUT2D eigenvalue weighted by molar-refractivity contribution is 6.30. The average molecular weight is 287 g/mol. The third-order valence-corrected chi connectivity index (χ3v) is 4.30. The van der Waals surface area contributed by atoms with Gasteiger partial charge in [-0.1, -0.05) is 31.4 Å². The molecule has 3 heteroatoms. The summed E-state index contributed by atoms with van der Waals surface area (Å²) in [6.45, 7) is 2.26. The molecule has 0 saturated heterocycles. The molecule has 1 aromatic rings. The molecule has 1 aliphatic rings. The fraction of sp³-hybridized carbons (Fsp3) is 0.600. The fourth-order valence-corrected chi connectivity index (χ4v) is 3.07. The molecule has 0 radical (unpaired) electrons. The van der Waals surface area contributed by atoms with Gasteiger partial charge in [0.25, 0.3) is 0 Å². The normalized spacial score (nSPS) is 23.9. The van der Waals surface area contributed by atoms with Crippen molar-refractivity contribution in [2.45, 2.75) is 51.0 Å². The van der Waals surface area contributed by atoms with Crippen LogP contribution >= 0.6 is 23.2 Å². The van der Waals surface area contributed by atoms with Crippen LogP contribution in [0, 0.1) is 5.92 Å². The van der Waals surface area contributed by atoms with Gasteiger partial charge in [0.05, 0.1) is 12.0 Å². The molecule has 0 aliphatic heterocycles. The van der Waals surface area contributed by atoms with Crippen molar-refractivity contribution in [1.82, 2.24) is 0 Å². The zero-order valence-corrected chi connectivity index (χ0v) is 12.3. The minimum absolute atomic E-state index is 0.340. The van der Waals surface area contributed by atoms with E-state index in [1.165, 1.54) is 25.7 Å². The first kappa shape index (κ1) is 14.0. The van der Waals surface area contributed by atoms with Crippen LogP contribution in [0.4, 0.5) is 0 Å². The van der Waals surface area contributed by atoms with Crippen LogP contribution in [-0.2, 0) is 5.88 Å². The van der Waals surface area contributed by atoms with Crippen molar-refractivity contribution in [3.05, 3.63) is 28.8 Å². The van der Waals surface area contributed by atoms with Crippen molar-refractivity contribution in [3.8, 4) is 5.75 Å². The summed E-state index contributed by atoms with van der Waals surface area (Å²) in [4.78, 5) is 0. The molecule has 1 fully saturated rings. The monoisotopic (exact) mass is 286 g/mol. The van der Waals surface area contributed by atoms with Gasteiger partial charge in [0.15, 0.2) is 0 Å². The highest BCUT2D eigenvalue weighted by atomic mass is 35.5. The second-order valence-corrected chi connectivity index (χ2v) is 5.77. The summed E-state index contributed by atoms with van der Waals surface area (Å²) in [6.07, 6.45) is 6.53. The molecule has 1 aromatic carbocycles. The molecule has 18 heavy (non-hydrogen) atoms. The van der Waals surface area contributed by atoms with Crippen molar-refractivity contribution >= 4 is 23.2 Å². The summed E-state index contributed by atoms with van der Waals surface area (Å²) >= 11 is 11.9. The summed E-state index contributed by atoms with van der Waals surface area (Å²) in [7, 11) is 0. The van der Waals surface area contributed by atoms with E-state index < -0.39 is 0 Å². The molecule has 0 spiro atoms. The number of halogens is 2. The van der Waals surface area contributed by atoms with Crippen LogP contribution in [0.5, 0.6) is 5.75 Å². The Balaban J connectivity index is 2.04. The maximum absolute atomic E-state index is 6.12. The Morgan fingerprint density at radius 1 is 1.33 bits per heavy atom. The highest BCUT2D eigenvalue weighted by Gasteiger charge is 2.22.